The molecule has 3 heterocycles. The molecule has 3 atom stereocenters. The molecular formula is C30H39F2N7O4. The van der Waals surface area contributed by atoms with Gasteiger partial charge in [-0.2, -0.15) is 9.93 Å². The maximum atomic E-state index is 15.0. The van der Waals surface area contributed by atoms with Crippen LogP contribution in [0.5, 0.6) is 0 Å². The minimum Gasteiger partial charge on any atom is -0.444 e. The van der Waals surface area contributed by atoms with Gasteiger partial charge in [0.05, 0.1) is 30.4 Å². The van der Waals surface area contributed by atoms with Gasteiger partial charge in [0.2, 0.25) is 17.8 Å². The highest BCUT2D eigenvalue weighted by Gasteiger charge is 2.41. The van der Waals surface area contributed by atoms with Crippen molar-refractivity contribution in [2.45, 2.75) is 83.8 Å². The van der Waals surface area contributed by atoms with E-state index in [-0.39, 0.29) is 37.5 Å². The Bertz CT molecular complexity index is 1380. The third kappa shape index (κ3) is 8.40. The summed E-state index contributed by atoms with van der Waals surface area (Å²) in [5.74, 6) is -1.76. The number of hydrogen-bond donors (Lipinski definition) is 5. The molecular weight excluding hydrogens is 560 g/mol. The molecule has 1 saturated heterocycles. The summed E-state index contributed by atoms with van der Waals surface area (Å²) in [5, 5.41) is 5.59. The van der Waals surface area contributed by atoms with Gasteiger partial charge in [0.25, 0.3) is 0 Å². The number of alkyl carbamates (subject to hydrolysis) is 1. The number of nitrogens with one attached hydrogen (secondary N) is 5. The summed E-state index contributed by atoms with van der Waals surface area (Å²) < 4.78 is 34.9. The summed E-state index contributed by atoms with van der Waals surface area (Å²) in [4.78, 5) is 44.3. The molecule has 5 N–H and O–H groups in total. The standard InChI is InChI=1S/C30H39F2N7O4/c1-17(2)22-9-10-23(35-27(22)32)26(19-8-6-7-18(11-19)14-33-29(42)43-30(3,4)5)36-28(41)24-12-20(31)16-39(24)25(40)13-21-15-34-38-37-21/h6-11,15,17,20,24,26,34,37-38H,12-14,16H2,1-5H3,(H,33,42)(H,36,41)/t20-,24+,26?/m1/s1. The molecule has 0 saturated carbocycles. The molecule has 43 heavy (non-hydrogen) atoms. The Balaban J connectivity index is 1.59. The molecule has 11 nitrogen and oxygen atoms in total. The Kier molecular flexibility index (Phi) is 9.84. The molecule has 4 rings (SSSR count). The quantitative estimate of drug-likeness (QED) is 0.277. The highest BCUT2D eigenvalue weighted by Crippen LogP contribution is 2.28. The Morgan fingerprint density at radius 3 is 2.60 bits per heavy atom. The molecule has 13 heteroatoms. The second-order valence-electron chi connectivity index (χ2n) is 11.9. The number of likely N-dealkylation sites (tertiary alicyclic amines) is 1. The van der Waals surface area contributed by atoms with Crippen molar-refractivity contribution in [2.24, 2.45) is 0 Å². The van der Waals surface area contributed by atoms with Crippen LogP contribution < -0.4 is 27.0 Å². The molecule has 2 aromatic rings. The van der Waals surface area contributed by atoms with Gasteiger partial charge in [-0.05, 0) is 43.9 Å². The lowest BCUT2D eigenvalue weighted by Gasteiger charge is -2.27. The second-order valence-corrected chi connectivity index (χ2v) is 11.9. The zero-order valence-electron chi connectivity index (χ0n) is 25.0. The lowest BCUT2D eigenvalue weighted by atomic mass is 9.98. The first-order valence-corrected chi connectivity index (χ1v) is 14.2. The Hall–Kier alpha value is -4.26. The topological polar surface area (TPSA) is 137 Å². The van der Waals surface area contributed by atoms with E-state index in [4.69, 9.17) is 4.74 Å². The maximum absolute atomic E-state index is 15.0. The van der Waals surface area contributed by atoms with Crippen LogP contribution in [0, 0.1) is 5.95 Å². The van der Waals surface area contributed by atoms with Crippen molar-refractivity contribution in [3.8, 4) is 0 Å². The molecule has 0 spiro atoms. The molecule has 0 aliphatic carbocycles. The number of halogens is 2. The first-order chi connectivity index (χ1) is 20.3. The molecule has 1 fully saturated rings. The van der Waals surface area contributed by atoms with E-state index in [9.17, 15) is 18.8 Å². The fourth-order valence-corrected chi connectivity index (χ4v) is 4.93. The molecule has 232 valence electrons. The number of nitrogens with zero attached hydrogens (tertiary/aromatic N) is 2. The second kappa shape index (κ2) is 13.4. The summed E-state index contributed by atoms with van der Waals surface area (Å²) in [6.07, 6.45) is -0.615. The maximum Gasteiger partial charge on any atom is 0.407 e. The van der Waals surface area contributed by atoms with Crippen molar-refractivity contribution in [1.82, 2.24) is 36.9 Å². The third-order valence-corrected chi connectivity index (χ3v) is 6.98. The number of benzene rings is 1. The van der Waals surface area contributed by atoms with Crippen LogP contribution >= 0.6 is 0 Å². The highest BCUT2D eigenvalue weighted by molar-refractivity contribution is 5.89. The SMILES string of the molecule is CC(C)c1ccc(C(NC(=O)[C@@H]2C[C@@H](F)CN2C(=O)CC2=CNNN2)c2cccc(CNC(=O)OC(C)(C)C)c2)nc1F. The van der Waals surface area contributed by atoms with Crippen LogP contribution in [0.4, 0.5) is 13.6 Å². The number of pyridine rings is 1. The van der Waals surface area contributed by atoms with E-state index in [1.54, 1.807) is 63.4 Å². The van der Waals surface area contributed by atoms with E-state index in [1.807, 2.05) is 13.8 Å². The zero-order chi connectivity index (χ0) is 31.3. The number of alkyl halides is 1. The summed E-state index contributed by atoms with van der Waals surface area (Å²) in [6, 6.07) is 8.31. The summed E-state index contributed by atoms with van der Waals surface area (Å²) in [7, 11) is 0. The number of hydrogen-bond acceptors (Lipinski definition) is 8. The van der Waals surface area contributed by atoms with E-state index in [0.29, 0.717) is 22.4 Å². The van der Waals surface area contributed by atoms with Crippen LogP contribution in [0.1, 0.15) is 81.8 Å². The van der Waals surface area contributed by atoms with E-state index in [1.165, 1.54) is 4.90 Å². The number of amides is 3. The van der Waals surface area contributed by atoms with E-state index in [0.717, 1.165) is 0 Å². The number of rotatable bonds is 9. The lowest BCUT2D eigenvalue weighted by molar-refractivity contribution is -0.138. The van der Waals surface area contributed by atoms with Gasteiger partial charge in [-0.25, -0.2) is 14.2 Å². The highest BCUT2D eigenvalue weighted by atomic mass is 19.1. The summed E-state index contributed by atoms with van der Waals surface area (Å²) in [6.45, 7) is 8.91. The molecule has 1 aromatic heterocycles. The van der Waals surface area contributed by atoms with Crippen molar-refractivity contribution < 1.29 is 27.9 Å². The minimum absolute atomic E-state index is 0.0595. The number of carbonyl (C=O) groups excluding carboxylic acids is 3. The first-order valence-electron chi connectivity index (χ1n) is 14.2. The molecule has 2 aliphatic rings. The van der Waals surface area contributed by atoms with Crippen LogP contribution in [-0.4, -0.2) is 52.2 Å². The Morgan fingerprint density at radius 1 is 1.19 bits per heavy atom. The van der Waals surface area contributed by atoms with Gasteiger partial charge < -0.3 is 31.1 Å². The summed E-state index contributed by atoms with van der Waals surface area (Å²) in [5.41, 5.74) is 9.92. The van der Waals surface area contributed by atoms with E-state index < -0.39 is 47.7 Å². The molecule has 0 bridgehead atoms. The fourth-order valence-electron chi connectivity index (χ4n) is 4.93. The van der Waals surface area contributed by atoms with Gasteiger partial charge >= 0.3 is 6.09 Å². The summed E-state index contributed by atoms with van der Waals surface area (Å²) >= 11 is 0. The number of carbonyl (C=O) groups is 3. The van der Waals surface area contributed by atoms with Crippen LogP contribution in [0.15, 0.2) is 48.3 Å². The molecule has 2 aliphatic heterocycles. The van der Waals surface area contributed by atoms with Gasteiger partial charge in [-0.1, -0.05) is 44.2 Å². The largest absolute Gasteiger partial charge is 0.444 e. The van der Waals surface area contributed by atoms with Crippen LogP contribution in [0.2, 0.25) is 0 Å². The van der Waals surface area contributed by atoms with Gasteiger partial charge in [0.1, 0.15) is 17.8 Å². The first kappa shape index (κ1) is 31.7. The van der Waals surface area contributed by atoms with Crippen molar-refractivity contribution >= 4 is 17.9 Å². The number of ether oxygens (including phenoxy) is 1. The zero-order valence-corrected chi connectivity index (χ0v) is 25.0. The average molecular weight is 600 g/mol. The molecule has 3 amide bonds. The number of aromatic nitrogens is 1. The normalized spacial score (nSPS) is 18.9. The fraction of sp³-hybridized carbons (Fsp3) is 0.467. The third-order valence-electron chi connectivity index (χ3n) is 6.98. The predicted octanol–water partition coefficient (Wildman–Crippen LogP) is 3.36. The van der Waals surface area contributed by atoms with Crippen molar-refractivity contribution in [1.29, 1.82) is 0 Å². The van der Waals surface area contributed by atoms with Crippen LogP contribution in [-0.2, 0) is 20.9 Å². The van der Waals surface area contributed by atoms with Gasteiger partial charge in [0.15, 0.2) is 0 Å². The van der Waals surface area contributed by atoms with Crippen LogP contribution in [0.3, 0.4) is 0 Å². The van der Waals surface area contributed by atoms with E-state index >= 15 is 4.39 Å². The average Bonchev–Trinajstić information content (AvgIpc) is 3.59. The molecule has 1 unspecified atom stereocenters. The lowest BCUT2D eigenvalue weighted by Crippen LogP contribution is -2.47. The predicted molar refractivity (Wildman–Crippen MR) is 155 cm³/mol. The monoisotopic (exact) mass is 599 g/mol. The van der Waals surface area contributed by atoms with Crippen molar-refractivity contribution in [2.75, 3.05) is 6.54 Å². The van der Waals surface area contributed by atoms with E-state index in [2.05, 4.69) is 32.0 Å². The van der Waals surface area contributed by atoms with Gasteiger partial charge in [-0.3, -0.25) is 9.59 Å². The Morgan fingerprint density at radius 2 is 1.95 bits per heavy atom. The van der Waals surface area contributed by atoms with Gasteiger partial charge in [0, 0.05) is 24.7 Å². The van der Waals surface area contributed by atoms with Gasteiger partial charge in [-0.15, -0.1) is 0 Å². The molecule has 1 aromatic carbocycles. The minimum atomic E-state index is -1.37. The van der Waals surface area contributed by atoms with Crippen molar-refractivity contribution in [3.05, 3.63) is 76.6 Å². The molecule has 0 radical (unpaired) electrons. The number of hydrazine groups is 2. The van der Waals surface area contributed by atoms with Crippen LogP contribution in [0.25, 0.3) is 0 Å². The smallest absolute Gasteiger partial charge is 0.407 e. The van der Waals surface area contributed by atoms with Crippen molar-refractivity contribution in [3.63, 3.8) is 0 Å². The Labute approximate surface area is 249 Å².